The van der Waals surface area contributed by atoms with E-state index in [4.69, 9.17) is 4.42 Å². The van der Waals surface area contributed by atoms with Gasteiger partial charge in [0, 0.05) is 33.2 Å². The van der Waals surface area contributed by atoms with Crippen molar-refractivity contribution >= 4 is 82.1 Å². The van der Waals surface area contributed by atoms with Gasteiger partial charge in [-0.2, -0.15) is 0 Å². The summed E-state index contributed by atoms with van der Waals surface area (Å²) in [5.74, 6) is 0. The van der Waals surface area contributed by atoms with E-state index in [-0.39, 0.29) is 0 Å². The van der Waals surface area contributed by atoms with Crippen molar-refractivity contribution in [1.29, 1.82) is 0 Å². The molecule has 2 heteroatoms. The maximum absolute atomic E-state index is 6.66. The molecule has 1 aromatic heterocycles. The third kappa shape index (κ3) is 6.95. The minimum Gasteiger partial charge on any atom is -0.455 e. The maximum Gasteiger partial charge on any atom is 0.143 e. The standard InChI is InChI=1S/C70H45NO/c1-3-19-49(20-4-1)67-63-31-12-11-30-61(63)62-41-38-51(45-65(62)68(67)50-21-5-2-6-22-50)46-35-39-54(40-36-46)71(55-26-13-24-52(43-55)58-32-15-23-47-17-7-9-28-57(47)58)56-27-14-25-53(44-56)59-33-16-34-66-69(59)64-42-37-48-18-8-10-29-60(48)70(64)72-66/h1-45H. The first kappa shape index (κ1) is 41.5. The van der Waals surface area contributed by atoms with E-state index in [9.17, 15) is 0 Å². The van der Waals surface area contributed by atoms with Crippen LogP contribution in [0.3, 0.4) is 0 Å². The van der Waals surface area contributed by atoms with E-state index >= 15 is 0 Å². The molecule has 14 aromatic rings. The van der Waals surface area contributed by atoms with E-state index in [0.717, 1.165) is 66.6 Å². The number of nitrogens with zero attached hydrogens (tertiary/aromatic N) is 1. The summed E-state index contributed by atoms with van der Waals surface area (Å²) in [4.78, 5) is 2.40. The molecule has 1 heterocycles. The van der Waals surface area contributed by atoms with Crippen molar-refractivity contribution in [3.05, 3.63) is 273 Å². The number of furan rings is 1. The molecule has 0 spiro atoms. The van der Waals surface area contributed by atoms with Crippen molar-refractivity contribution in [3.8, 4) is 55.6 Å². The van der Waals surface area contributed by atoms with Crippen LogP contribution in [0.4, 0.5) is 17.1 Å². The van der Waals surface area contributed by atoms with E-state index in [1.165, 1.54) is 71.1 Å². The summed E-state index contributed by atoms with van der Waals surface area (Å²) in [6, 6.07) is 99.3. The first-order valence-electron chi connectivity index (χ1n) is 24.7. The van der Waals surface area contributed by atoms with Gasteiger partial charge in [0.05, 0.1) is 0 Å². The molecule has 13 aromatic carbocycles. The molecule has 0 aliphatic carbocycles. The Morgan fingerprint density at radius 1 is 0.250 bits per heavy atom. The highest BCUT2D eigenvalue weighted by atomic mass is 16.3. The van der Waals surface area contributed by atoms with E-state index < -0.39 is 0 Å². The van der Waals surface area contributed by atoms with Gasteiger partial charge in [0.2, 0.25) is 0 Å². The molecule has 0 saturated heterocycles. The van der Waals surface area contributed by atoms with Gasteiger partial charge in [-0.1, -0.05) is 218 Å². The van der Waals surface area contributed by atoms with Crippen molar-refractivity contribution in [1.82, 2.24) is 0 Å². The van der Waals surface area contributed by atoms with Crippen molar-refractivity contribution in [2.45, 2.75) is 0 Å². The van der Waals surface area contributed by atoms with Crippen molar-refractivity contribution in [2.24, 2.45) is 0 Å². The lowest BCUT2D eigenvalue weighted by Crippen LogP contribution is -2.10. The SMILES string of the molecule is c1ccc(-c2c(-c3ccccc3)c3cc(-c4ccc(N(c5cccc(-c6cccc7ccccc67)c5)c5cccc(-c6cccc7oc8c9ccccc9ccc8c67)c5)cc4)ccc3c3ccccc23)cc1. The van der Waals surface area contributed by atoms with Gasteiger partial charge < -0.3 is 9.32 Å². The highest BCUT2D eigenvalue weighted by molar-refractivity contribution is 6.22. The Kier molecular flexibility index (Phi) is 9.89. The molecule has 0 aliphatic rings. The van der Waals surface area contributed by atoms with Crippen LogP contribution in [0.5, 0.6) is 0 Å². The largest absolute Gasteiger partial charge is 0.455 e. The van der Waals surface area contributed by atoms with Crippen LogP contribution < -0.4 is 4.90 Å². The Morgan fingerprint density at radius 2 is 0.750 bits per heavy atom. The van der Waals surface area contributed by atoms with E-state index in [2.05, 4.69) is 278 Å². The average molecular weight is 916 g/mol. The lowest BCUT2D eigenvalue weighted by atomic mass is 9.84. The van der Waals surface area contributed by atoms with E-state index in [1.54, 1.807) is 0 Å². The van der Waals surface area contributed by atoms with Crippen LogP contribution in [0.25, 0.3) is 121 Å². The number of rotatable bonds is 8. The summed E-state index contributed by atoms with van der Waals surface area (Å²) in [5, 5.41) is 12.0. The van der Waals surface area contributed by atoms with Crippen LogP contribution in [0.15, 0.2) is 277 Å². The molecule has 0 atom stereocenters. The fourth-order valence-corrected chi connectivity index (χ4v) is 11.3. The van der Waals surface area contributed by atoms with Gasteiger partial charge in [0.25, 0.3) is 0 Å². The monoisotopic (exact) mass is 915 g/mol. The summed E-state index contributed by atoms with van der Waals surface area (Å²) in [7, 11) is 0. The molecule has 0 saturated carbocycles. The van der Waals surface area contributed by atoms with Crippen LogP contribution in [0.2, 0.25) is 0 Å². The Balaban J connectivity index is 0.930. The van der Waals surface area contributed by atoms with Crippen LogP contribution >= 0.6 is 0 Å². The molecule has 14 rings (SSSR count). The van der Waals surface area contributed by atoms with Gasteiger partial charge in [0.15, 0.2) is 0 Å². The molecule has 0 aliphatic heterocycles. The third-order valence-corrected chi connectivity index (χ3v) is 14.6. The molecule has 0 N–H and O–H groups in total. The fourth-order valence-electron chi connectivity index (χ4n) is 11.3. The molecule has 2 nitrogen and oxygen atoms in total. The average Bonchev–Trinajstić information content (AvgIpc) is 3.85. The molecule has 336 valence electrons. The molecule has 0 amide bonds. The lowest BCUT2D eigenvalue weighted by Gasteiger charge is -2.27. The second kappa shape index (κ2) is 17.2. The molecular weight excluding hydrogens is 871 g/mol. The van der Waals surface area contributed by atoms with Crippen LogP contribution in [0, 0.1) is 0 Å². The minimum atomic E-state index is 0.883. The van der Waals surface area contributed by atoms with Gasteiger partial charge in [-0.3, -0.25) is 0 Å². The van der Waals surface area contributed by atoms with Gasteiger partial charge in [-0.25, -0.2) is 0 Å². The molecular formula is C70H45NO. The second-order valence-electron chi connectivity index (χ2n) is 18.7. The third-order valence-electron chi connectivity index (χ3n) is 14.6. The zero-order valence-electron chi connectivity index (χ0n) is 39.3. The van der Waals surface area contributed by atoms with Gasteiger partial charge >= 0.3 is 0 Å². The number of hydrogen-bond acceptors (Lipinski definition) is 2. The van der Waals surface area contributed by atoms with Crippen LogP contribution in [-0.4, -0.2) is 0 Å². The normalized spacial score (nSPS) is 11.6. The summed E-state index contributed by atoms with van der Waals surface area (Å²) in [6.45, 7) is 0. The summed E-state index contributed by atoms with van der Waals surface area (Å²) in [5.41, 5.74) is 16.9. The van der Waals surface area contributed by atoms with Gasteiger partial charge in [-0.05, 0) is 148 Å². The Labute approximate surface area is 417 Å². The molecule has 72 heavy (non-hydrogen) atoms. The Bertz CT molecular complexity index is 4370. The molecule has 0 fully saturated rings. The lowest BCUT2D eigenvalue weighted by molar-refractivity contribution is 0.673. The quantitative estimate of drug-likeness (QED) is 0.141. The Hall–Kier alpha value is -9.50. The predicted molar refractivity (Wildman–Crippen MR) is 306 cm³/mol. The maximum atomic E-state index is 6.66. The van der Waals surface area contributed by atoms with E-state index in [1.807, 2.05) is 0 Å². The Morgan fingerprint density at radius 3 is 1.47 bits per heavy atom. The smallest absolute Gasteiger partial charge is 0.143 e. The predicted octanol–water partition coefficient (Wildman–Crippen LogP) is 20.0. The fraction of sp³-hybridized carbons (Fsp3) is 0. The molecule has 0 unspecified atom stereocenters. The summed E-state index contributed by atoms with van der Waals surface area (Å²) < 4.78 is 6.66. The van der Waals surface area contributed by atoms with Crippen molar-refractivity contribution in [2.75, 3.05) is 4.90 Å². The second-order valence-corrected chi connectivity index (χ2v) is 18.7. The summed E-state index contributed by atoms with van der Waals surface area (Å²) in [6.07, 6.45) is 0. The number of fused-ring (bicyclic) bond motifs is 9. The van der Waals surface area contributed by atoms with Crippen LogP contribution in [-0.2, 0) is 0 Å². The number of benzene rings is 13. The first-order chi connectivity index (χ1) is 35.7. The highest BCUT2D eigenvalue weighted by Gasteiger charge is 2.21. The summed E-state index contributed by atoms with van der Waals surface area (Å²) >= 11 is 0. The molecule has 0 radical (unpaired) electrons. The minimum absolute atomic E-state index is 0.883. The topological polar surface area (TPSA) is 16.4 Å². The van der Waals surface area contributed by atoms with Crippen molar-refractivity contribution in [3.63, 3.8) is 0 Å². The van der Waals surface area contributed by atoms with Gasteiger partial charge in [0.1, 0.15) is 11.2 Å². The first-order valence-corrected chi connectivity index (χ1v) is 24.7. The van der Waals surface area contributed by atoms with Crippen LogP contribution in [0.1, 0.15) is 0 Å². The zero-order valence-corrected chi connectivity index (χ0v) is 39.3. The zero-order chi connectivity index (χ0) is 47.5. The highest BCUT2D eigenvalue weighted by Crippen LogP contribution is 2.47. The van der Waals surface area contributed by atoms with E-state index in [0.29, 0.717) is 0 Å². The van der Waals surface area contributed by atoms with Gasteiger partial charge in [-0.15, -0.1) is 0 Å². The number of hydrogen-bond donors (Lipinski definition) is 0. The van der Waals surface area contributed by atoms with Crippen molar-refractivity contribution < 1.29 is 4.42 Å². The number of anilines is 3. The molecule has 0 bridgehead atoms.